The molecule has 1 saturated carbocycles. The normalized spacial score (nSPS) is 13.3. The molecule has 0 amide bonds. The van der Waals surface area contributed by atoms with E-state index in [1.165, 1.54) is 86.9 Å². The van der Waals surface area contributed by atoms with E-state index in [9.17, 15) is 0 Å². The lowest BCUT2D eigenvalue weighted by molar-refractivity contribution is 0.445. The molecule has 0 N–H and O–H groups in total. The molecule has 1 fully saturated rings. The maximum Gasteiger partial charge on any atom is 0.136 e. The maximum atomic E-state index is 6.41. The zero-order valence-electron chi connectivity index (χ0n) is 37.3. The molecule has 0 bridgehead atoms. The summed E-state index contributed by atoms with van der Waals surface area (Å²) in [6.07, 6.45) is 6.42. The smallest absolute Gasteiger partial charge is 0.136 e. The van der Waals surface area contributed by atoms with Gasteiger partial charge in [0.15, 0.2) is 0 Å². The highest BCUT2D eigenvalue weighted by Crippen LogP contribution is 2.48. The third kappa shape index (κ3) is 6.72. The summed E-state index contributed by atoms with van der Waals surface area (Å²) < 4.78 is 8.81. The molecule has 320 valence electrons. The number of anilines is 3. The minimum atomic E-state index is 0.565. The Morgan fingerprint density at radius 3 is 1.90 bits per heavy atom. The predicted octanol–water partition coefficient (Wildman–Crippen LogP) is 18.4. The minimum Gasteiger partial charge on any atom is -0.456 e. The first-order valence-corrected chi connectivity index (χ1v) is 23.9. The van der Waals surface area contributed by atoms with E-state index in [1.807, 2.05) is 6.07 Å². The maximum absolute atomic E-state index is 6.41. The number of para-hydroxylation sites is 4. The lowest BCUT2D eigenvalue weighted by Gasteiger charge is -2.30. The molecule has 0 spiro atoms. The summed E-state index contributed by atoms with van der Waals surface area (Å²) in [5.74, 6) is 0.565. The molecule has 67 heavy (non-hydrogen) atoms. The molecular weight excluding hydrogens is 813 g/mol. The molecular formula is C64H48N2O. The van der Waals surface area contributed by atoms with Gasteiger partial charge in [-0.25, -0.2) is 0 Å². The lowest BCUT2D eigenvalue weighted by Crippen LogP contribution is -2.12. The van der Waals surface area contributed by atoms with Gasteiger partial charge in [-0.1, -0.05) is 171 Å². The van der Waals surface area contributed by atoms with Crippen LogP contribution in [0.3, 0.4) is 0 Å². The number of rotatable bonds is 8. The Bertz CT molecular complexity index is 3810. The second-order valence-corrected chi connectivity index (χ2v) is 18.2. The zero-order chi connectivity index (χ0) is 44.3. The van der Waals surface area contributed by atoms with E-state index in [4.69, 9.17) is 4.42 Å². The van der Waals surface area contributed by atoms with Gasteiger partial charge >= 0.3 is 0 Å². The molecule has 0 saturated heterocycles. The molecule has 3 nitrogen and oxygen atoms in total. The summed E-state index contributed by atoms with van der Waals surface area (Å²) in [5.41, 5.74) is 17.2. The van der Waals surface area contributed by atoms with E-state index in [2.05, 4.69) is 228 Å². The summed E-state index contributed by atoms with van der Waals surface area (Å²) >= 11 is 0. The van der Waals surface area contributed by atoms with Crippen molar-refractivity contribution in [2.24, 2.45) is 0 Å². The Morgan fingerprint density at radius 2 is 1.03 bits per heavy atom. The van der Waals surface area contributed by atoms with Crippen molar-refractivity contribution in [2.75, 3.05) is 4.90 Å². The van der Waals surface area contributed by atoms with Crippen molar-refractivity contribution in [3.8, 4) is 39.1 Å². The summed E-state index contributed by atoms with van der Waals surface area (Å²) in [5, 5.41) is 7.44. The van der Waals surface area contributed by atoms with Crippen molar-refractivity contribution in [1.29, 1.82) is 0 Å². The van der Waals surface area contributed by atoms with Crippen LogP contribution in [-0.2, 0) is 0 Å². The second-order valence-electron chi connectivity index (χ2n) is 18.2. The van der Waals surface area contributed by atoms with Gasteiger partial charge in [0.2, 0.25) is 0 Å². The van der Waals surface area contributed by atoms with Gasteiger partial charge in [0.05, 0.1) is 16.7 Å². The molecule has 3 heteroatoms. The van der Waals surface area contributed by atoms with E-state index in [0.29, 0.717) is 5.92 Å². The van der Waals surface area contributed by atoms with E-state index in [-0.39, 0.29) is 0 Å². The number of nitrogens with zero attached hydrogens (tertiary/aromatic N) is 2. The number of benzene rings is 10. The number of hydrogen-bond acceptors (Lipinski definition) is 2. The number of hydrogen-bond donors (Lipinski definition) is 0. The molecule has 0 atom stereocenters. The first-order chi connectivity index (χ1) is 33.2. The molecule has 1 aliphatic carbocycles. The van der Waals surface area contributed by atoms with Crippen molar-refractivity contribution >= 4 is 71.6 Å². The predicted molar refractivity (Wildman–Crippen MR) is 282 cm³/mol. The van der Waals surface area contributed by atoms with Gasteiger partial charge in [0.1, 0.15) is 11.2 Å². The van der Waals surface area contributed by atoms with Gasteiger partial charge in [-0.05, 0) is 136 Å². The summed E-state index contributed by atoms with van der Waals surface area (Å²) in [7, 11) is 0. The Labute approximate surface area is 390 Å². The first kappa shape index (κ1) is 39.2. The molecule has 1 aliphatic rings. The summed E-state index contributed by atoms with van der Waals surface area (Å²) in [6.45, 7) is 0. The van der Waals surface area contributed by atoms with Crippen molar-refractivity contribution in [3.63, 3.8) is 0 Å². The monoisotopic (exact) mass is 860 g/mol. The topological polar surface area (TPSA) is 21.3 Å². The SMILES string of the molecule is c1ccc(-n2c3ccccc3c3c(-c4cccc(N(c5cccc(-c6ccc7c(c6)oc6ccccc67)c5)c5ccccc5-c5cccc6cccc(C7CCCCC7)c56)c4)cccc32)cc1. The fraction of sp³-hybridized carbons (Fsp3) is 0.0938. The highest BCUT2D eigenvalue weighted by molar-refractivity contribution is 6.16. The van der Waals surface area contributed by atoms with Crippen LogP contribution in [0.1, 0.15) is 43.6 Å². The molecule has 10 aromatic carbocycles. The van der Waals surface area contributed by atoms with Gasteiger partial charge in [-0.3, -0.25) is 0 Å². The first-order valence-electron chi connectivity index (χ1n) is 23.9. The summed E-state index contributed by atoms with van der Waals surface area (Å²) in [6, 6.07) is 82.4. The molecule has 0 aliphatic heterocycles. The van der Waals surface area contributed by atoms with Crippen LogP contribution in [0.5, 0.6) is 0 Å². The fourth-order valence-electron chi connectivity index (χ4n) is 11.3. The van der Waals surface area contributed by atoms with Gasteiger partial charge in [-0.2, -0.15) is 0 Å². The number of aromatic nitrogens is 1. The molecule has 0 unspecified atom stereocenters. The van der Waals surface area contributed by atoms with Gasteiger partial charge in [-0.15, -0.1) is 0 Å². The zero-order valence-corrected chi connectivity index (χ0v) is 37.3. The summed E-state index contributed by atoms with van der Waals surface area (Å²) in [4.78, 5) is 2.48. The minimum absolute atomic E-state index is 0.565. The van der Waals surface area contributed by atoms with E-state index in [0.717, 1.165) is 61.4 Å². The molecule has 12 aromatic rings. The fourth-order valence-corrected chi connectivity index (χ4v) is 11.3. The van der Waals surface area contributed by atoms with Crippen LogP contribution >= 0.6 is 0 Å². The average molecular weight is 861 g/mol. The van der Waals surface area contributed by atoms with E-state index in [1.54, 1.807) is 0 Å². The van der Waals surface area contributed by atoms with Gasteiger partial charge in [0.25, 0.3) is 0 Å². The van der Waals surface area contributed by atoms with Crippen molar-refractivity contribution < 1.29 is 4.42 Å². The van der Waals surface area contributed by atoms with Crippen molar-refractivity contribution in [1.82, 2.24) is 4.57 Å². The third-order valence-electron chi connectivity index (χ3n) is 14.4. The van der Waals surface area contributed by atoms with Crippen LogP contribution in [0.25, 0.3) is 93.6 Å². The molecule has 2 aromatic heterocycles. The van der Waals surface area contributed by atoms with Crippen LogP contribution in [0.4, 0.5) is 17.1 Å². The molecule has 0 radical (unpaired) electrons. The van der Waals surface area contributed by atoms with Crippen LogP contribution in [0.15, 0.2) is 229 Å². The van der Waals surface area contributed by atoms with Crippen molar-refractivity contribution in [3.05, 3.63) is 230 Å². The Hall–Kier alpha value is -8.14. The van der Waals surface area contributed by atoms with Crippen molar-refractivity contribution in [2.45, 2.75) is 38.0 Å². The lowest BCUT2D eigenvalue weighted by atomic mass is 9.80. The van der Waals surface area contributed by atoms with Crippen LogP contribution in [-0.4, -0.2) is 4.57 Å². The largest absolute Gasteiger partial charge is 0.456 e. The Balaban J connectivity index is 1.02. The standard InChI is InChI=1S/C64H48N2O/c1-3-18-43(19-4-1)51-31-15-20-44-21-16-33-56(63(44)51)53-28-7-10-34-58(53)65(49-26-13-22-45(40-49)46-38-39-55-54-29-9-12-37-61(54)67-62(55)42-46)50-27-14-23-47(41-50)52-32-17-36-60-64(52)57-30-8-11-35-59(57)66(60)48-24-5-2-6-25-48/h2,5-17,20-43H,1,3-4,18-19H2. The van der Waals surface area contributed by atoms with Crippen LogP contribution in [0, 0.1) is 0 Å². The molecule has 13 rings (SSSR count). The Kier molecular flexibility index (Phi) is 9.60. The number of furan rings is 1. The van der Waals surface area contributed by atoms with E-state index >= 15 is 0 Å². The quantitative estimate of drug-likeness (QED) is 0.152. The van der Waals surface area contributed by atoms with Crippen LogP contribution < -0.4 is 4.90 Å². The highest BCUT2D eigenvalue weighted by atomic mass is 16.3. The van der Waals surface area contributed by atoms with Gasteiger partial charge in [0, 0.05) is 44.2 Å². The highest BCUT2D eigenvalue weighted by Gasteiger charge is 2.24. The Morgan fingerprint density at radius 1 is 0.403 bits per heavy atom. The third-order valence-corrected chi connectivity index (χ3v) is 14.4. The molecule has 2 heterocycles. The van der Waals surface area contributed by atoms with Crippen LogP contribution in [0.2, 0.25) is 0 Å². The second kappa shape index (κ2) is 16.4. The van der Waals surface area contributed by atoms with Gasteiger partial charge < -0.3 is 13.9 Å². The number of fused-ring (bicyclic) bond motifs is 7. The average Bonchev–Trinajstić information content (AvgIpc) is 3.95. The van der Waals surface area contributed by atoms with E-state index < -0.39 is 0 Å².